The molecular weight excluding hydrogens is 448 g/mol. The van der Waals surface area contributed by atoms with Crippen molar-refractivity contribution in [3.05, 3.63) is 70.2 Å². The molecule has 0 radical (unpaired) electrons. The molecule has 6 heteroatoms. The van der Waals surface area contributed by atoms with Crippen molar-refractivity contribution in [3.8, 4) is 22.6 Å². The Balaban J connectivity index is 2.23. The molecule has 0 spiro atoms. The van der Waals surface area contributed by atoms with Gasteiger partial charge in [-0.3, -0.25) is 0 Å². The van der Waals surface area contributed by atoms with Crippen LogP contribution < -0.4 is 19.7 Å². The maximum absolute atomic E-state index is 11.7. The molecule has 3 rings (SSSR count). The number of rotatable bonds is 9. The van der Waals surface area contributed by atoms with Crippen LogP contribution in [-0.2, 0) is 11.4 Å². The van der Waals surface area contributed by atoms with E-state index in [1.807, 2.05) is 83.1 Å². The summed E-state index contributed by atoms with van der Waals surface area (Å²) in [4.78, 5) is 13.7. The number of aldehydes is 1. The number of carbonyl (C=O) groups is 1. The molecule has 0 bridgehead atoms. The van der Waals surface area contributed by atoms with Crippen molar-refractivity contribution in [2.24, 2.45) is 0 Å². The van der Waals surface area contributed by atoms with Crippen LogP contribution in [0.15, 0.2) is 48.5 Å². The van der Waals surface area contributed by atoms with Gasteiger partial charge in [0.2, 0.25) is 0 Å². The van der Waals surface area contributed by atoms with Gasteiger partial charge in [-0.2, -0.15) is 0 Å². The van der Waals surface area contributed by atoms with Crippen LogP contribution in [0.3, 0.4) is 0 Å². The lowest BCUT2D eigenvalue weighted by Crippen LogP contribution is -2.33. The van der Waals surface area contributed by atoms with Gasteiger partial charge in [-0.15, -0.1) is 0 Å². The number of nitrogens with one attached hydrogen (secondary N) is 1. The molecule has 0 unspecified atom stereocenters. The number of hydrogen-bond donors (Lipinski definition) is 1. The van der Waals surface area contributed by atoms with Crippen molar-refractivity contribution in [3.63, 3.8) is 0 Å². The summed E-state index contributed by atoms with van der Waals surface area (Å²) in [5, 5.41) is 3.99. The number of carbonyl (C=O) groups excluding carboxylic acids is 1. The Labute approximate surface area is 207 Å². The molecule has 0 aromatic heterocycles. The van der Waals surface area contributed by atoms with E-state index in [2.05, 4.69) is 17.4 Å². The van der Waals surface area contributed by atoms with E-state index in [1.165, 1.54) is 0 Å². The highest BCUT2D eigenvalue weighted by molar-refractivity contribution is 6.31. The zero-order valence-electron chi connectivity index (χ0n) is 21.0. The number of aryl methyl sites for hydroxylation is 2. The number of anilines is 2. The molecule has 0 aliphatic heterocycles. The van der Waals surface area contributed by atoms with Gasteiger partial charge < -0.3 is 24.5 Å². The summed E-state index contributed by atoms with van der Waals surface area (Å²) in [6.45, 7) is 8.10. The minimum Gasteiger partial charge on any atom is -0.496 e. The molecule has 0 amide bonds. The molecule has 0 aliphatic carbocycles. The fourth-order valence-corrected chi connectivity index (χ4v) is 4.10. The third-order valence-corrected chi connectivity index (χ3v) is 5.88. The molecule has 5 nitrogen and oxygen atoms in total. The van der Waals surface area contributed by atoms with Crippen LogP contribution >= 0.6 is 11.6 Å². The lowest BCUT2D eigenvalue weighted by molar-refractivity contribution is -0.110. The van der Waals surface area contributed by atoms with Crippen LogP contribution in [0, 0.1) is 13.8 Å². The first-order valence-corrected chi connectivity index (χ1v) is 11.6. The van der Waals surface area contributed by atoms with E-state index in [9.17, 15) is 4.79 Å². The average molecular weight is 481 g/mol. The van der Waals surface area contributed by atoms with Crippen molar-refractivity contribution in [1.82, 2.24) is 0 Å². The van der Waals surface area contributed by atoms with Crippen molar-refractivity contribution < 1.29 is 14.3 Å². The van der Waals surface area contributed by atoms with Crippen molar-refractivity contribution in [2.45, 2.75) is 39.8 Å². The van der Waals surface area contributed by atoms with E-state index < -0.39 is 5.54 Å². The van der Waals surface area contributed by atoms with Crippen molar-refractivity contribution in [1.29, 1.82) is 0 Å². The topological polar surface area (TPSA) is 50.8 Å². The third kappa shape index (κ3) is 5.65. The third-order valence-electron chi connectivity index (χ3n) is 5.65. The minimum absolute atomic E-state index is 0.319. The maximum atomic E-state index is 11.7. The molecule has 0 fully saturated rings. The van der Waals surface area contributed by atoms with Gasteiger partial charge in [0.05, 0.1) is 24.0 Å². The normalized spacial score (nSPS) is 11.2. The van der Waals surface area contributed by atoms with Crippen LogP contribution in [-0.4, -0.2) is 33.0 Å². The SMILES string of the molecule is COc1ccc(Cl)cc1-c1ccc(NC(C)(C)C=O)c(N(C)C)c1COc1cc(C)ccc1C. The molecule has 3 aromatic rings. The Morgan fingerprint density at radius 3 is 2.38 bits per heavy atom. The molecule has 0 aliphatic rings. The van der Waals surface area contributed by atoms with Crippen LogP contribution in [0.4, 0.5) is 11.4 Å². The van der Waals surface area contributed by atoms with Gasteiger partial charge in [0.1, 0.15) is 24.4 Å². The summed E-state index contributed by atoms with van der Waals surface area (Å²) in [5.41, 5.74) is 6.01. The maximum Gasteiger partial charge on any atom is 0.144 e. The highest BCUT2D eigenvalue weighted by Crippen LogP contribution is 2.42. The molecule has 0 saturated carbocycles. The highest BCUT2D eigenvalue weighted by Gasteiger charge is 2.24. The van der Waals surface area contributed by atoms with E-state index >= 15 is 0 Å². The van der Waals surface area contributed by atoms with Crippen LogP contribution in [0.25, 0.3) is 11.1 Å². The fourth-order valence-electron chi connectivity index (χ4n) is 3.93. The molecule has 3 aromatic carbocycles. The molecule has 0 heterocycles. The van der Waals surface area contributed by atoms with Crippen LogP contribution in [0.2, 0.25) is 5.02 Å². The first-order valence-electron chi connectivity index (χ1n) is 11.2. The van der Waals surface area contributed by atoms with E-state index in [4.69, 9.17) is 21.1 Å². The van der Waals surface area contributed by atoms with Gasteiger partial charge in [0.15, 0.2) is 0 Å². The van der Waals surface area contributed by atoms with E-state index in [0.29, 0.717) is 11.6 Å². The Bertz CT molecular complexity index is 1190. The van der Waals surface area contributed by atoms with E-state index in [1.54, 1.807) is 7.11 Å². The number of halogens is 1. The van der Waals surface area contributed by atoms with Crippen molar-refractivity contribution in [2.75, 3.05) is 31.4 Å². The molecule has 0 atom stereocenters. The van der Waals surface area contributed by atoms with Crippen LogP contribution in [0.5, 0.6) is 11.5 Å². The monoisotopic (exact) mass is 480 g/mol. The van der Waals surface area contributed by atoms with Gasteiger partial charge in [0.25, 0.3) is 0 Å². The van der Waals surface area contributed by atoms with Gasteiger partial charge in [-0.05, 0) is 74.7 Å². The second kappa shape index (κ2) is 10.4. The molecular formula is C28H33ClN2O3. The summed E-state index contributed by atoms with van der Waals surface area (Å²) >= 11 is 6.38. The predicted molar refractivity (Wildman–Crippen MR) is 142 cm³/mol. The molecule has 0 saturated heterocycles. The minimum atomic E-state index is -0.731. The Kier molecular flexibility index (Phi) is 7.78. The zero-order valence-corrected chi connectivity index (χ0v) is 21.7. The first kappa shape index (κ1) is 25.4. The lowest BCUT2D eigenvalue weighted by Gasteiger charge is -2.29. The largest absolute Gasteiger partial charge is 0.496 e. The van der Waals surface area contributed by atoms with Crippen molar-refractivity contribution >= 4 is 29.3 Å². The summed E-state index contributed by atoms with van der Waals surface area (Å²) in [5.74, 6) is 1.55. The Hall–Kier alpha value is -3.18. The second-order valence-corrected chi connectivity index (χ2v) is 9.69. The number of hydrogen-bond acceptors (Lipinski definition) is 5. The smallest absolute Gasteiger partial charge is 0.144 e. The lowest BCUT2D eigenvalue weighted by atomic mass is 9.95. The number of nitrogens with zero attached hydrogens (tertiary/aromatic N) is 1. The van der Waals surface area contributed by atoms with Gasteiger partial charge >= 0.3 is 0 Å². The quantitative estimate of drug-likeness (QED) is 0.347. The first-order chi connectivity index (χ1) is 16.1. The Morgan fingerprint density at radius 1 is 1.00 bits per heavy atom. The fraction of sp³-hybridized carbons (Fsp3) is 0.321. The zero-order chi connectivity index (χ0) is 25.0. The van der Waals surface area contributed by atoms with Gasteiger partial charge in [-0.25, -0.2) is 0 Å². The van der Waals surface area contributed by atoms with Crippen LogP contribution in [0.1, 0.15) is 30.5 Å². The van der Waals surface area contributed by atoms with E-state index in [-0.39, 0.29) is 0 Å². The second-order valence-electron chi connectivity index (χ2n) is 9.25. The number of benzene rings is 3. The van der Waals surface area contributed by atoms with Gasteiger partial charge in [0, 0.05) is 30.2 Å². The highest BCUT2D eigenvalue weighted by atomic mass is 35.5. The summed E-state index contributed by atoms with van der Waals surface area (Å²) < 4.78 is 12.0. The number of ether oxygens (including phenoxy) is 2. The van der Waals surface area contributed by atoms with Gasteiger partial charge in [-0.1, -0.05) is 29.8 Å². The molecule has 180 valence electrons. The van der Waals surface area contributed by atoms with E-state index in [0.717, 1.165) is 57.0 Å². The predicted octanol–water partition coefficient (Wildman–Crippen LogP) is 6.67. The summed E-state index contributed by atoms with van der Waals surface area (Å²) in [6, 6.07) is 15.8. The summed E-state index contributed by atoms with van der Waals surface area (Å²) in [6.07, 6.45) is 0.909. The Morgan fingerprint density at radius 2 is 1.74 bits per heavy atom. The molecule has 34 heavy (non-hydrogen) atoms. The summed E-state index contributed by atoms with van der Waals surface area (Å²) in [7, 11) is 5.61. The average Bonchev–Trinajstić information content (AvgIpc) is 2.79. The standard InChI is InChI=1S/C28H33ClN2O3/c1-18-8-9-19(2)26(14-18)34-16-23-21(22-15-20(29)10-13-25(22)33-7)11-12-24(27(23)31(5)6)30-28(3,4)17-32/h8-15,17,30H,16H2,1-7H3. The molecule has 1 N–H and O–H groups in total. The number of methoxy groups -OCH3 is 1.